The lowest BCUT2D eigenvalue weighted by molar-refractivity contribution is -0.142. The Kier molecular flexibility index (Phi) is 7.40. The van der Waals surface area contributed by atoms with Crippen LogP contribution in [0.25, 0.3) is 0 Å². The van der Waals surface area contributed by atoms with Gasteiger partial charge in [0.2, 0.25) is 0 Å². The molecule has 0 fully saturated rings. The number of thioether (sulfide) groups is 1. The largest absolute Gasteiger partial charge is 0.457 e. The zero-order chi connectivity index (χ0) is 18.2. The summed E-state index contributed by atoms with van der Waals surface area (Å²) in [7, 11) is 0. The van der Waals surface area contributed by atoms with E-state index in [-0.39, 0.29) is 31.0 Å². The van der Waals surface area contributed by atoms with Crippen LogP contribution in [0, 0.1) is 0 Å². The van der Waals surface area contributed by atoms with Gasteiger partial charge in [0.25, 0.3) is 0 Å². The van der Waals surface area contributed by atoms with Crippen LogP contribution in [0.15, 0.2) is 57.9 Å². The average Bonchev–Trinajstić information content (AvgIpc) is 2.64. The molecule has 0 N–H and O–H groups in total. The van der Waals surface area contributed by atoms with Crippen LogP contribution in [-0.4, -0.2) is 30.4 Å². The van der Waals surface area contributed by atoms with Gasteiger partial charge in [0.1, 0.15) is 0 Å². The summed E-state index contributed by atoms with van der Waals surface area (Å²) in [6.45, 7) is -0.316. The number of ether oxygens (including phenoxy) is 1. The van der Waals surface area contributed by atoms with E-state index in [1.54, 1.807) is 48.2 Å². The monoisotopic (exact) mass is 420 g/mol. The molecular formula is C19H17BrO4S. The van der Waals surface area contributed by atoms with Crippen LogP contribution in [0.5, 0.6) is 0 Å². The molecule has 130 valence electrons. The third-order valence-corrected chi connectivity index (χ3v) is 4.77. The van der Waals surface area contributed by atoms with E-state index < -0.39 is 5.97 Å². The molecule has 25 heavy (non-hydrogen) atoms. The van der Waals surface area contributed by atoms with Crippen LogP contribution in [0.1, 0.15) is 33.6 Å². The maximum absolute atomic E-state index is 12.0. The van der Waals surface area contributed by atoms with Gasteiger partial charge in [-0.2, -0.15) is 0 Å². The van der Waals surface area contributed by atoms with Gasteiger partial charge in [-0.1, -0.05) is 40.2 Å². The maximum Gasteiger partial charge on any atom is 0.306 e. The molecule has 0 radical (unpaired) electrons. The number of halogens is 1. The molecule has 0 aromatic heterocycles. The number of Topliss-reactive ketones (excluding diaryl/α,β-unsaturated/α-hetero) is 2. The van der Waals surface area contributed by atoms with Gasteiger partial charge in [-0.15, -0.1) is 11.8 Å². The molecule has 0 aliphatic carbocycles. The van der Waals surface area contributed by atoms with Crippen molar-refractivity contribution in [3.8, 4) is 0 Å². The van der Waals surface area contributed by atoms with Crippen molar-refractivity contribution in [3.63, 3.8) is 0 Å². The van der Waals surface area contributed by atoms with Crippen molar-refractivity contribution in [3.05, 3.63) is 64.1 Å². The van der Waals surface area contributed by atoms with E-state index in [1.807, 2.05) is 18.4 Å². The maximum atomic E-state index is 12.0. The molecule has 0 aliphatic heterocycles. The Balaban J connectivity index is 1.77. The topological polar surface area (TPSA) is 60.4 Å². The highest BCUT2D eigenvalue weighted by Gasteiger charge is 2.13. The van der Waals surface area contributed by atoms with Gasteiger partial charge in [-0.3, -0.25) is 14.4 Å². The van der Waals surface area contributed by atoms with E-state index in [0.29, 0.717) is 11.1 Å². The molecule has 2 rings (SSSR count). The van der Waals surface area contributed by atoms with Gasteiger partial charge in [0.15, 0.2) is 18.2 Å². The predicted octanol–water partition coefficient (Wildman–Crippen LogP) is 4.56. The summed E-state index contributed by atoms with van der Waals surface area (Å²) >= 11 is 4.88. The highest BCUT2D eigenvalue weighted by atomic mass is 79.9. The molecule has 0 spiro atoms. The number of carbonyl (C=O) groups excluding carboxylic acids is 3. The van der Waals surface area contributed by atoms with Crippen LogP contribution in [-0.2, 0) is 9.53 Å². The molecule has 6 heteroatoms. The number of esters is 1. The van der Waals surface area contributed by atoms with Gasteiger partial charge >= 0.3 is 5.97 Å². The minimum atomic E-state index is -0.556. The van der Waals surface area contributed by atoms with E-state index in [2.05, 4.69) is 15.9 Å². The fourth-order valence-corrected chi connectivity index (χ4v) is 2.75. The number of rotatable bonds is 8. The van der Waals surface area contributed by atoms with Crippen LogP contribution in [0.2, 0.25) is 0 Å². The average molecular weight is 421 g/mol. The van der Waals surface area contributed by atoms with Crippen molar-refractivity contribution in [1.82, 2.24) is 0 Å². The third-order valence-electron chi connectivity index (χ3n) is 3.50. The molecule has 0 atom stereocenters. The first-order valence-corrected chi connectivity index (χ1v) is 9.63. The first kappa shape index (κ1) is 19.4. The van der Waals surface area contributed by atoms with Gasteiger partial charge in [-0.25, -0.2) is 0 Å². The molecule has 0 bridgehead atoms. The molecule has 0 amide bonds. The van der Waals surface area contributed by atoms with E-state index in [1.165, 1.54) is 0 Å². The Morgan fingerprint density at radius 2 is 1.44 bits per heavy atom. The van der Waals surface area contributed by atoms with Crippen molar-refractivity contribution in [2.45, 2.75) is 17.7 Å². The van der Waals surface area contributed by atoms with E-state index >= 15 is 0 Å². The van der Waals surface area contributed by atoms with E-state index in [0.717, 1.165) is 9.37 Å². The third kappa shape index (κ3) is 6.14. The van der Waals surface area contributed by atoms with Crippen LogP contribution < -0.4 is 0 Å². The summed E-state index contributed by atoms with van der Waals surface area (Å²) in [6.07, 6.45) is 1.96. The second-order valence-electron chi connectivity index (χ2n) is 5.24. The van der Waals surface area contributed by atoms with Gasteiger partial charge < -0.3 is 4.74 Å². The van der Waals surface area contributed by atoms with Gasteiger partial charge in [-0.05, 0) is 30.5 Å². The first-order chi connectivity index (χ1) is 12.0. The molecule has 0 aliphatic rings. The predicted molar refractivity (Wildman–Crippen MR) is 101 cm³/mol. The number of hydrogen-bond donors (Lipinski definition) is 0. The number of carbonyl (C=O) groups is 3. The lowest BCUT2D eigenvalue weighted by atomic mass is 10.1. The molecule has 0 saturated carbocycles. The Bertz CT molecular complexity index is 754. The zero-order valence-electron chi connectivity index (χ0n) is 13.7. The lowest BCUT2D eigenvalue weighted by Crippen LogP contribution is -2.15. The van der Waals surface area contributed by atoms with Crippen molar-refractivity contribution in [1.29, 1.82) is 0 Å². The van der Waals surface area contributed by atoms with Crippen molar-refractivity contribution in [2.75, 3.05) is 12.9 Å². The molecular weight excluding hydrogens is 404 g/mol. The standard InChI is InChI=1S/C19H17BrO4S/c1-25-16-8-4-14(5-9-16)18(22)12-24-19(23)11-10-17(21)13-2-6-15(20)7-3-13/h2-9H,10-12H2,1H3. The highest BCUT2D eigenvalue weighted by molar-refractivity contribution is 9.10. The summed E-state index contributed by atoms with van der Waals surface area (Å²) < 4.78 is 5.85. The van der Waals surface area contributed by atoms with Crippen LogP contribution in [0.3, 0.4) is 0 Å². The summed E-state index contributed by atoms with van der Waals surface area (Å²) in [5.74, 6) is -0.955. The quantitative estimate of drug-likeness (QED) is 0.355. The molecule has 0 unspecified atom stereocenters. The highest BCUT2D eigenvalue weighted by Crippen LogP contribution is 2.15. The summed E-state index contributed by atoms with van der Waals surface area (Å²) in [4.78, 5) is 36.8. The normalized spacial score (nSPS) is 10.3. The van der Waals surface area contributed by atoms with Crippen LogP contribution >= 0.6 is 27.7 Å². The number of benzene rings is 2. The van der Waals surface area contributed by atoms with Gasteiger partial charge in [0.05, 0.1) is 6.42 Å². The summed E-state index contributed by atoms with van der Waals surface area (Å²) in [5, 5.41) is 0. The molecule has 4 nitrogen and oxygen atoms in total. The second kappa shape index (κ2) is 9.53. The fraction of sp³-hybridized carbons (Fsp3) is 0.211. The Morgan fingerprint density at radius 1 is 0.880 bits per heavy atom. The smallest absolute Gasteiger partial charge is 0.306 e. The van der Waals surface area contributed by atoms with Crippen molar-refractivity contribution in [2.24, 2.45) is 0 Å². The molecule has 0 saturated heterocycles. The Hall–Kier alpha value is -1.92. The van der Waals surface area contributed by atoms with Crippen LogP contribution in [0.4, 0.5) is 0 Å². The minimum Gasteiger partial charge on any atom is -0.457 e. The zero-order valence-corrected chi connectivity index (χ0v) is 16.1. The SMILES string of the molecule is CSc1ccc(C(=O)COC(=O)CCC(=O)c2ccc(Br)cc2)cc1. The fourth-order valence-electron chi connectivity index (χ4n) is 2.07. The molecule has 2 aromatic rings. The summed E-state index contributed by atoms with van der Waals surface area (Å²) in [6, 6.07) is 14.0. The van der Waals surface area contributed by atoms with Crippen molar-refractivity contribution < 1.29 is 19.1 Å². The lowest BCUT2D eigenvalue weighted by Gasteiger charge is -2.05. The first-order valence-electron chi connectivity index (χ1n) is 7.61. The minimum absolute atomic E-state index is 0.0480. The molecule has 2 aromatic carbocycles. The van der Waals surface area contributed by atoms with Gasteiger partial charge in [0, 0.05) is 26.9 Å². The van der Waals surface area contributed by atoms with E-state index in [4.69, 9.17) is 4.74 Å². The number of hydrogen-bond acceptors (Lipinski definition) is 5. The Labute approximate surface area is 159 Å². The molecule has 0 heterocycles. The Morgan fingerprint density at radius 3 is 2.04 bits per heavy atom. The summed E-state index contributed by atoms with van der Waals surface area (Å²) in [5.41, 5.74) is 1.04. The number of ketones is 2. The van der Waals surface area contributed by atoms with E-state index in [9.17, 15) is 14.4 Å². The second-order valence-corrected chi connectivity index (χ2v) is 7.04. The van der Waals surface area contributed by atoms with Crippen molar-refractivity contribution >= 4 is 45.2 Å².